The van der Waals surface area contributed by atoms with E-state index in [4.69, 9.17) is 4.74 Å². The van der Waals surface area contributed by atoms with E-state index in [0.717, 1.165) is 13.0 Å². The number of anilines is 1. The number of nitrogens with one attached hydrogen (secondary N) is 1. The molecule has 2 unspecified atom stereocenters. The number of rotatable bonds is 3. The van der Waals surface area contributed by atoms with Crippen molar-refractivity contribution in [1.82, 2.24) is 0 Å². The van der Waals surface area contributed by atoms with Gasteiger partial charge in [-0.15, -0.1) is 0 Å². The van der Waals surface area contributed by atoms with Gasteiger partial charge in [0.2, 0.25) is 0 Å². The third-order valence-electron chi connectivity index (χ3n) is 3.05. The van der Waals surface area contributed by atoms with Crippen molar-refractivity contribution in [3.63, 3.8) is 0 Å². The third kappa shape index (κ3) is 2.96. The fraction of sp³-hybridized carbons (Fsp3) is 0.500. The van der Waals surface area contributed by atoms with Crippen LogP contribution in [-0.4, -0.2) is 19.3 Å². The lowest BCUT2D eigenvalue weighted by Crippen LogP contribution is -2.27. The maximum Gasteiger partial charge on any atom is 0.150 e. The number of ether oxygens (including phenoxy) is 1. The van der Waals surface area contributed by atoms with Crippen LogP contribution in [0.2, 0.25) is 0 Å². The molecule has 94 valence electrons. The predicted octanol–water partition coefficient (Wildman–Crippen LogP) is 3.56. The van der Waals surface area contributed by atoms with E-state index in [0.29, 0.717) is 17.0 Å². The molecule has 1 fully saturated rings. The molecule has 0 aromatic heterocycles. The molecular weight excluding hydrogens is 292 g/mol. The van der Waals surface area contributed by atoms with E-state index < -0.39 is 11.6 Å². The zero-order chi connectivity index (χ0) is 12.4. The SMILES string of the molecule is CC(Nc1c(F)cc(Br)cc1F)C1CCOC1. The second-order valence-electron chi connectivity index (χ2n) is 4.30. The molecule has 0 aliphatic carbocycles. The van der Waals surface area contributed by atoms with E-state index in [-0.39, 0.29) is 11.7 Å². The van der Waals surface area contributed by atoms with Gasteiger partial charge in [0.05, 0.1) is 6.61 Å². The lowest BCUT2D eigenvalue weighted by Gasteiger charge is -2.21. The lowest BCUT2D eigenvalue weighted by atomic mass is 10.0. The Bertz CT molecular complexity index is 384. The van der Waals surface area contributed by atoms with Crippen LogP contribution in [0, 0.1) is 17.6 Å². The zero-order valence-electron chi connectivity index (χ0n) is 9.47. The summed E-state index contributed by atoms with van der Waals surface area (Å²) in [6, 6.07) is 2.50. The second-order valence-corrected chi connectivity index (χ2v) is 5.22. The molecule has 1 aromatic rings. The summed E-state index contributed by atoms with van der Waals surface area (Å²) in [5.74, 6) is -0.859. The molecule has 17 heavy (non-hydrogen) atoms. The number of benzene rings is 1. The van der Waals surface area contributed by atoms with Crippen molar-refractivity contribution in [3.8, 4) is 0 Å². The van der Waals surface area contributed by atoms with Gasteiger partial charge >= 0.3 is 0 Å². The molecule has 0 amide bonds. The molecule has 0 spiro atoms. The normalized spacial score (nSPS) is 21.5. The summed E-state index contributed by atoms with van der Waals surface area (Å²) in [5.41, 5.74) is -0.0624. The Morgan fingerprint density at radius 3 is 2.59 bits per heavy atom. The molecule has 1 heterocycles. The Labute approximate surface area is 107 Å². The van der Waals surface area contributed by atoms with Gasteiger partial charge in [0, 0.05) is 23.0 Å². The van der Waals surface area contributed by atoms with Crippen molar-refractivity contribution in [2.75, 3.05) is 18.5 Å². The summed E-state index contributed by atoms with van der Waals surface area (Å²) < 4.78 is 32.8. The third-order valence-corrected chi connectivity index (χ3v) is 3.51. The van der Waals surface area contributed by atoms with Gasteiger partial charge in [-0.2, -0.15) is 0 Å². The Morgan fingerprint density at radius 2 is 2.06 bits per heavy atom. The topological polar surface area (TPSA) is 21.3 Å². The van der Waals surface area contributed by atoms with Crippen LogP contribution in [0.1, 0.15) is 13.3 Å². The van der Waals surface area contributed by atoms with Crippen molar-refractivity contribution in [3.05, 3.63) is 28.2 Å². The summed E-state index contributed by atoms with van der Waals surface area (Å²) in [7, 11) is 0. The molecule has 1 aliphatic heterocycles. The molecule has 1 aromatic carbocycles. The summed E-state index contributed by atoms with van der Waals surface area (Å²) in [6.45, 7) is 3.29. The number of hydrogen-bond donors (Lipinski definition) is 1. The summed E-state index contributed by atoms with van der Waals surface area (Å²) in [5, 5.41) is 2.90. The van der Waals surface area contributed by atoms with Crippen LogP contribution in [0.5, 0.6) is 0 Å². The highest BCUT2D eigenvalue weighted by atomic mass is 79.9. The largest absolute Gasteiger partial charge is 0.381 e. The quantitative estimate of drug-likeness (QED) is 0.922. The Kier molecular flexibility index (Phi) is 3.99. The molecule has 5 heteroatoms. The Hall–Kier alpha value is -0.680. The Balaban J connectivity index is 2.12. The van der Waals surface area contributed by atoms with Crippen molar-refractivity contribution >= 4 is 21.6 Å². The van der Waals surface area contributed by atoms with Crippen LogP contribution in [0.15, 0.2) is 16.6 Å². The fourth-order valence-corrected chi connectivity index (χ4v) is 2.37. The van der Waals surface area contributed by atoms with Crippen LogP contribution in [-0.2, 0) is 4.74 Å². The lowest BCUT2D eigenvalue weighted by molar-refractivity contribution is 0.183. The summed E-state index contributed by atoms with van der Waals surface area (Å²) in [6.07, 6.45) is 0.925. The molecule has 1 N–H and O–H groups in total. The molecule has 2 rings (SSSR count). The number of hydrogen-bond acceptors (Lipinski definition) is 2. The van der Waals surface area contributed by atoms with Crippen molar-refractivity contribution in [2.24, 2.45) is 5.92 Å². The maximum absolute atomic E-state index is 13.6. The molecule has 1 saturated heterocycles. The van der Waals surface area contributed by atoms with Gasteiger partial charge in [-0.05, 0) is 25.5 Å². The highest BCUT2D eigenvalue weighted by molar-refractivity contribution is 9.10. The molecule has 1 aliphatic rings. The maximum atomic E-state index is 13.6. The molecule has 2 atom stereocenters. The Morgan fingerprint density at radius 1 is 1.41 bits per heavy atom. The minimum Gasteiger partial charge on any atom is -0.381 e. The first kappa shape index (κ1) is 12.8. The van der Waals surface area contributed by atoms with Gasteiger partial charge in [-0.3, -0.25) is 0 Å². The molecule has 0 bridgehead atoms. The average Bonchev–Trinajstić information content (AvgIpc) is 2.76. The van der Waals surface area contributed by atoms with E-state index in [2.05, 4.69) is 21.2 Å². The van der Waals surface area contributed by atoms with Gasteiger partial charge in [-0.1, -0.05) is 15.9 Å². The van der Waals surface area contributed by atoms with Crippen molar-refractivity contribution in [2.45, 2.75) is 19.4 Å². The van der Waals surface area contributed by atoms with E-state index in [1.165, 1.54) is 12.1 Å². The minimum absolute atomic E-state index is 0.0114. The highest BCUT2D eigenvalue weighted by Crippen LogP contribution is 2.27. The molecular formula is C12H14BrF2NO. The monoisotopic (exact) mass is 305 g/mol. The summed E-state index contributed by atoms with van der Waals surface area (Å²) in [4.78, 5) is 0. The van der Waals surface area contributed by atoms with Gasteiger partial charge in [0.1, 0.15) is 17.3 Å². The van der Waals surface area contributed by atoms with Gasteiger partial charge in [0.25, 0.3) is 0 Å². The summed E-state index contributed by atoms with van der Waals surface area (Å²) >= 11 is 3.05. The van der Waals surface area contributed by atoms with Crippen LogP contribution in [0.25, 0.3) is 0 Å². The highest BCUT2D eigenvalue weighted by Gasteiger charge is 2.24. The van der Waals surface area contributed by atoms with Gasteiger partial charge in [0.15, 0.2) is 0 Å². The van der Waals surface area contributed by atoms with E-state index in [1.54, 1.807) is 0 Å². The van der Waals surface area contributed by atoms with Crippen LogP contribution >= 0.6 is 15.9 Å². The minimum atomic E-state index is -0.581. The standard InChI is InChI=1S/C12H14BrF2NO/c1-7(8-2-3-17-6-8)16-12-10(14)4-9(13)5-11(12)15/h4-5,7-8,16H,2-3,6H2,1H3. The first-order valence-electron chi connectivity index (χ1n) is 5.56. The van der Waals surface area contributed by atoms with E-state index in [1.807, 2.05) is 6.92 Å². The predicted molar refractivity (Wildman–Crippen MR) is 66.1 cm³/mol. The first-order valence-corrected chi connectivity index (χ1v) is 6.36. The van der Waals surface area contributed by atoms with Crippen LogP contribution in [0.3, 0.4) is 0 Å². The second kappa shape index (κ2) is 5.31. The average molecular weight is 306 g/mol. The zero-order valence-corrected chi connectivity index (χ0v) is 11.1. The molecule has 0 radical (unpaired) electrons. The van der Waals surface area contributed by atoms with Crippen molar-refractivity contribution in [1.29, 1.82) is 0 Å². The van der Waals surface area contributed by atoms with E-state index >= 15 is 0 Å². The first-order chi connectivity index (χ1) is 8.08. The fourth-order valence-electron chi connectivity index (χ4n) is 1.97. The number of halogens is 3. The molecule has 2 nitrogen and oxygen atoms in total. The molecule has 0 saturated carbocycles. The van der Waals surface area contributed by atoms with Crippen LogP contribution < -0.4 is 5.32 Å². The van der Waals surface area contributed by atoms with Crippen LogP contribution in [0.4, 0.5) is 14.5 Å². The van der Waals surface area contributed by atoms with E-state index in [9.17, 15) is 8.78 Å². The smallest absolute Gasteiger partial charge is 0.150 e. The van der Waals surface area contributed by atoms with Gasteiger partial charge in [-0.25, -0.2) is 8.78 Å². The van der Waals surface area contributed by atoms with Gasteiger partial charge < -0.3 is 10.1 Å². The van der Waals surface area contributed by atoms with Crippen molar-refractivity contribution < 1.29 is 13.5 Å².